The summed E-state index contributed by atoms with van der Waals surface area (Å²) in [6.07, 6.45) is 4.21. The Morgan fingerprint density at radius 2 is 1.85 bits per heavy atom. The summed E-state index contributed by atoms with van der Waals surface area (Å²) >= 11 is 0. The van der Waals surface area contributed by atoms with Crippen molar-refractivity contribution in [2.24, 2.45) is 0 Å². The Hall–Kier alpha value is -2.63. The van der Waals surface area contributed by atoms with Gasteiger partial charge in [-0.1, -0.05) is 38.8 Å². The molecule has 0 aliphatic heterocycles. The molecule has 0 aliphatic rings. The van der Waals surface area contributed by atoms with Crippen LogP contribution in [0.15, 0.2) is 29.1 Å². The number of nitrogens with one attached hydrogen (secondary N) is 1. The van der Waals surface area contributed by atoms with Gasteiger partial charge in [-0.25, -0.2) is 9.50 Å². The van der Waals surface area contributed by atoms with Gasteiger partial charge in [-0.3, -0.25) is 4.79 Å². The maximum Gasteiger partial charge on any atom is 0.277 e. The molecular formula is C21H28N4O2. The first-order chi connectivity index (χ1) is 13.1. The Kier molecular flexibility index (Phi) is 5.94. The highest BCUT2D eigenvalue weighted by Crippen LogP contribution is 2.29. The fraction of sp³-hybridized carbons (Fsp3) is 0.476. The molecule has 3 rings (SSSR count). The highest BCUT2D eigenvalue weighted by atomic mass is 16.5. The zero-order valence-corrected chi connectivity index (χ0v) is 16.6. The first-order valence-corrected chi connectivity index (χ1v) is 9.82. The van der Waals surface area contributed by atoms with Crippen molar-refractivity contribution in [2.45, 2.75) is 59.3 Å². The summed E-state index contributed by atoms with van der Waals surface area (Å²) in [5.74, 6) is 2.39. The zero-order chi connectivity index (χ0) is 19.4. The Morgan fingerprint density at radius 1 is 1.15 bits per heavy atom. The Labute approximate surface area is 159 Å². The predicted octanol–water partition coefficient (Wildman–Crippen LogP) is 4.48. The highest BCUT2D eigenvalue weighted by molar-refractivity contribution is 5.64. The van der Waals surface area contributed by atoms with Gasteiger partial charge in [-0.2, -0.15) is 0 Å². The number of rotatable bonds is 8. The van der Waals surface area contributed by atoms with E-state index in [0.29, 0.717) is 29.6 Å². The van der Waals surface area contributed by atoms with Gasteiger partial charge in [0.2, 0.25) is 0 Å². The third-order valence-corrected chi connectivity index (χ3v) is 4.78. The fourth-order valence-electron chi connectivity index (χ4n) is 3.62. The number of aromatic nitrogens is 4. The van der Waals surface area contributed by atoms with Crippen LogP contribution in [-0.2, 0) is 0 Å². The summed E-state index contributed by atoms with van der Waals surface area (Å²) in [5, 5.41) is 4.77. The molecule has 0 bridgehead atoms. The van der Waals surface area contributed by atoms with Crippen LogP contribution in [0.4, 0.5) is 0 Å². The Bertz CT molecular complexity index is 968. The van der Waals surface area contributed by atoms with Crippen molar-refractivity contribution in [1.82, 2.24) is 19.6 Å². The number of aryl methyl sites for hydroxylation is 1. The number of para-hydroxylation sites is 1. The number of fused-ring (bicyclic) bond motifs is 1. The lowest BCUT2D eigenvalue weighted by Crippen LogP contribution is -2.17. The van der Waals surface area contributed by atoms with Crippen LogP contribution in [0.2, 0.25) is 0 Å². The van der Waals surface area contributed by atoms with Gasteiger partial charge in [0.25, 0.3) is 5.56 Å². The number of benzene rings is 1. The molecule has 0 saturated heterocycles. The van der Waals surface area contributed by atoms with Crippen LogP contribution in [0.3, 0.4) is 0 Å². The minimum Gasteiger partial charge on any atom is -0.493 e. The summed E-state index contributed by atoms with van der Waals surface area (Å²) in [5.41, 5.74) is 1.85. The molecule has 3 aromatic rings. The molecule has 6 nitrogen and oxygen atoms in total. The Balaban J connectivity index is 2.21. The van der Waals surface area contributed by atoms with E-state index < -0.39 is 0 Å². The summed E-state index contributed by atoms with van der Waals surface area (Å²) in [7, 11) is 0. The van der Waals surface area contributed by atoms with Crippen LogP contribution >= 0.6 is 0 Å². The summed E-state index contributed by atoms with van der Waals surface area (Å²) in [6, 6.07) is 7.63. The van der Waals surface area contributed by atoms with E-state index in [9.17, 15) is 4.79 Å². The van der Waals surface area contributed by atoms with E-state index in [0.717, 1.165) is 42.8 Å². The molecule has 0 unspecified atom stereocenters. The normalized spacial score (nSPS) is 11.4. The number of imidazole rings is 1. The van der Waals surface area contributed by atoms with Gasteiger partial charge in [-0.15, -0.1) is 5.10 Å². The van der Waals surface area contributed by atoms with Crippen molar-refractivity contribution in [3.63, 3.8) is 0 Å². The smallest absolute Gasteiger partial charge is 0.277 e. The minimum absolute atomic E-state index is 0.172. The molecule has 2 heterocycles. The van der Waals surface area contributed by atoms with Crippen molar-refractivity contribution in [3.8, 4) is 17.1 Å². The first-order valence-electron chi connectivity index (χ1n) is 9.82. The van der Waals surface area contributed by atoms with Crippen LogP contribution in [0.5, 0.6) is 5.75 Å². The second kappa shape index (κ2) is 8.37. The molecule has 2 aromatic heterocycles. The highest BCUT2D eigenvalue weighted by Gasteiger charge is 2.21. The third kappa shape index (κ3) is 3.75. The number of ether oxygens (including phenoxy) is 1. The van der Waals surface area contributed by atoms with E-state index in [1.807, 2.05) is 38.1 Å². The SMILES string of the molecule is CCCC(CCC)c1nc(C)c2c(=O)[nH]c(-c3ccccc3OCC)nn12. The molecule has 0 radical (unpaired) electrons. The number of hydrogen-bond acceptors (Lipinski definition) is 4. The second-order valence-electron chi connectivity index (χ2n) is 6.82. The summed E-state index contributed by atoms with van der Waals surface area (Å²) < 4.78 is 7.47. The first kappa shape index (κ1) is 19.1. The van der Waals surface area contributed by atoms with Crippen molar-refractivity contribution in [2.75, 3.05) is 6.61 Å². The molecule has 0 amide bonds. The Morgan fingerprint density at radius 3 is 2.52 bits per heavy atom. The standard InChI is InChI=1S/C21H28N4O2/c1-5-10-15(11-6-2)20-22-14(4)18-21(26)23-19(24-25(18)20)16-12-8-9-13-17(16)27-7-3/h8-9,12-13,15H,5-7,10-11H2,1-4H3,(H,23,24,26). The lowest BCUT2D eigenvalue weighted by Gasteiger charge is -2.14. The maximum absolute atomic E-state index is 12.8. The second-order valence-corrected chi connectivity index (χ2v) is 6.82. The van der Waals surface area contributed by atoms with E-state index >= 15 is 0 Å². The van der Waals surface area contributed by atoms with E-state index in [2.05, 4.69) is 18.8 Å². The average molecular weight is 368 g/mol. The molecule has 0 aliphatic carbocycles. The number of hydrogen-bond donors (Lipinski definition) is 1. The van der Waals surface area contributed by atoms with Crippen LogP contribution in [0, 0.1) is 6.92 Å². The third-order valence-electron chi connectivity index (χ3n) is 4.78. The molecule has 1 aromatic carbocycles. The lowest BCUT2D eigenvalue weighted by molar-refractivity contribution is 0.341. The van der Waals surface area contributed by atoms with Crippen LogP contribution in [0.1, 0.15) is 63.9 Å². The number of nitrogens with zero attached hydrogens (tertiary/aromatic N) is 3. The zero-order valence-electron chi connectivity index (χ0n) is 16.6. The van der Waals surface area contributed by atoms with Gasteiger partial charge in [0.05, 0.1) is 17.9 Å². The molecule has 0 atom stereocenters. The average Bonchev–Trinajstić information content (AvgIpc) is 2.99. The van der Waals surface area contributed by atoms with Crippen molar-refractivity contribution < 1.29 is 4.74 Å². The summed E-state index contributed by atoms with van der Waals surface area (Å²) in [4.78, 5) is 20.5. The van der Waals surface area contributed by atoms with Crippen molar-refractivity contribution in [1.29, 1.82) is 0 Å². The van der Waals surface area contributed by atoms with Crippen LogP contribution in [0.25, 0.3) is 16.9 Å². The quantitative estimate of drug-likeness (QED) is 0.636. The number of aromatic amines is 1. The van der Waals surface area contributed by atoms with Gasteiger partial charge in [0.1, 0.15) is 11.6 Å². The molecule has 6 heteroatoms. The van der Waals surface area contributed by atoms with Crippen LogP contribution in [-0.4, -0.2) is 26.2 Å². The van der Waals surface area contributed by atoms with Gasteiger partial charge >= 0.3 is 0 Å². The summed E-state index contributed by atoms with van der Waals surface area (Å²) in [6.45, 7) is 8.71. The van der Waals surface area contributed by atoms with E-state index in [4.69, 9.17) is 14.8 Å². The largest absolute Gasteiger partial charge is 0.493 e. The fourth-order valence-corrected chi connectivity index (χ4v) is 3.62. The van der Waals surface area contributed by atoms with Crippen molar-refractivity contribution in [3.05, 3.63) is 46.1 Å². The van der Waals surface area contributed by atoms with Gasteiger partial charge in [-0.05, 0) is 38.8 Å². The monoisotopic (exact) mass is 368 g/mol. The molecule has 27 heavy (non-hydrogen) atoms. The molecule has 144 valence electrons. The molecule has 0 spiro atoms. The van der Waals surface area contributed by atoms with Gasteiger partial charge in [0, 0.05) is 5.92 Å². The molecule has 0 fully saturated rings. The van der Waals surface area contributed by atoms with E-state index in [1.54, 1.807) is 4.52 Å². The van der Waals surface area contributed by atoms with Gasteiger partial charge < -0.3 is 9.72 Å². The minimum atomic E-state index is -0.172. The lowest BCUT2D eigenvalue weighted by atomic mass is 9.98. The van der Waals surface area contributed by atoms with Crippen molar-refractivity contribution >= 4 is 5.52 Å². The van der Waals surface area contributed by atoms with E-state index in [-0.39, 0.29) is 5.56 Å². The van der Waals surface area contributed by atoms with Gasteiger partial charge in [0.15, 0.2) is 11.3 Å². The molecular weight excluding hydrogens is 340 g/mol. The maximum atomic E-state index is 12.8. The van der Waals surface area contributed by atoms with E-state index in [1.165, 1.54) is 0 Å². The molecule has 1 N–H and O–H groups in total. The van der Waals surface area contributed by atoms with Crippen LogP contribution < -0.4 is 10.3 Å². The predicted molar refractivity (Wildman–Crippen MR) is 108 cm³/mol. The molecule has 0 saturated carbocycles. The topological polar surface area (TPSA) is 72.3 Å². The number of H-pyrrole nitrogens is 1.